The highest BCUT2D eigenvalue weighted by Crippen LogP contribution is 2.38. The summed E-state index contributed by atoms with van der Waals surface area (Å²) >= 11 is 0. The number of imide groups is 1. The van der Waals surface area contributed by atoms with E-state index >= 15 is 0 Å². The summed E-state index contributed by atoms with van der Waals surface area (Å²) in [4.78, 5) is 43.9. The molecule has 0 radical (unpaired) electrons. The van der Waals surface area contributed by atoms with Gasteiger partial charge in [0.25, 0.3) is 5.91 Å². The molecular weight excluding hydrogens is 427 g/mol. The van der Waals surface area contributed by atoms with E-state index < -0.39 is 17.8 Å². The molecule has 0 bridgehead atoms. The van der Waals surface area contributed by atoms with Crippen LogP contribution in [0.25, 0.3) is 0 Å². The number of aromatic nitrogens is 1. The molecule has 174 valence electrons. The number of likely N-dealkylation sites (tertiary alicyclic amines) is 1. The summed E-state index contributed by atoms with van der Waals surface area (Å²) in [5.41, 5.74) is 3.84. The largest absolute Gasteiger partial charge is 0.390 e. The first-order chi connectivity index (χ1) is 15.9. The standard InChI is InChI=1S/C24H27FN4O4/c25-15-9-18(14-5-7-28(8-6-14)11-16-1-2-17(13-30)26-16)20-12-29(24(33)19(20)10-15)21-3-4-22(31)27-23(21)32/h1-2,9-10,14,21,26,30H,3-8,11-13H2,(H,27,31,32). The maximum absolute atomic E-state index is 14.5. The van der Waals surface area contributed by atoms with Crippen molar-refractivity contribution in [2.75, 3.05) is 13.1 Å². The molecule has 3 N–H and O–H groups in total. The van der Waals surface area contributed by atoms with Gasteiger partial charge in [-0.15, -0.1) is 0 Å². The number of aliphatic hydroxyl groups is 1. The number of piperidine rings is 2. The number of hydrogen-bond donors (Lipinski definition) is 3. The van der Waals surface area contributed by atoms with E-state index in [1.807, 2.05) is 12.1 Å². The second-order valence-corrected chi connectivity index (χ2v) is 9.14. The van der Waals surface area contributed by atoms with Crippen LogP contribution in [0.3, 0.4) is 0 Å². The molecule has 3 aliphatic rings. The maximum Gasteiger partial charge on any atom is 0.255 e. The van der Waals surface area contributed by atoms with E-state index in [-0.39, 0.29) is 43.7 Å². The second-order valence-electron chi connectivity index (χ2n) is 9.14. The molecule has 2 aromatic rings. The van der Waals surface area contributed by atoms with Crippen molar-refractivity contribution in [1.82, 2.24) is 20.1 Å². The molecule has 4 heterocycles. The van der Waals surface area contributed by atoms with Crippen LogP contribution in [-0.4, -0.2) is 56.7 Å². The van der Waals surface area contributed by atoms with Crippen LogP contribution in [-0.2, 0) is 29.3 Å². The lowest BCUT2D eigenvalue weighted by molar-refractivity contribution is -0.136. The van der Waals surface area contributed by atoms with Crippen molar-refractivity contribution in [2.24, 2.45) is 0 Å². The first-order valence-electron chi connectivity index (χ1n) is 11.4. The van der Waals surface area contributed by atoms with Gasteiger partial charge in [-0.25, -0.2) is 4.39 Å². The number of amides is 3. The number of fused-ring (bicyclic) bond motifs is 1. The van der Waals surface area contributed by atoms with Crippen molar-refractivity contribution in [3.63, 3.8) is 0 Å². The molecule has 1 atom stereocenters. The Morgan fingerprint density at radius 1 is 1.06 bits per heavy atom. The molecule has 33 heavy (non-hydrogen) atoms. The van der Waals surface area contributed by atoms with E-state index in [1.165, 1.54) is 11.0 Å². The maximum atomic E-state index is 14.5. The summed E-state index contributed by atoms with van der Waals surface area (Å²) in [6.07, 6.45) is 2.17. The minimum absolute atomic E-state index is 0.0126. The van der Waals surface area contributed by atoms with Crippen molar-refractivity contribution >= 4 is 17.7 Å². The highest BCUT2D eigenvalue weighted by atomic mass is 19.1. The Morgan fingerprint density at radius 3 is 2.52 bits per heavy atom. The summed E-state index contributed by atoms with van der Waals surface area (Å²) in [6.45, 7) is 2.70. The molecule has 1 aromatic carbocycles. The van der Waals surface area contributed by atoms with Crippen molar-refractivity contribution in [3.8, 4) is 0 Å². The summed E-state index contributed by atoms with van der Waals surface area (Å²) < 4.78 is 14.5. The van der Waals surface area contributed by atoms with Gasteiger partial charge in [-0.05, 0) is 73.7 Å². The van der Waals surface area contributed by atoms with Gasteiger partial charge in [-0.2, -0.15) is 0 Å². The minimum Gasteiger partial charge on any atom is -0.390 e. The Labute approximate surface area is 190 Å². The Balaban J connectivity index is 1.30. The number of aliphatic hydroxyl groups excluding tert-OH is 1. The number of H-pyrrole nitrogens is 1. The smallest absolute Gasteiger partial charge is 0.255 e. The number of rotatable bonds is 5. The van der Waals surface area contributed by atoms with Crippen LogP contribution in [0, 0.1) is 5.82 Å². The topological polar surface area (TPSA) is 106 Å². The molecule has 8 nitrogen and oxygen atoms in total. The van der Waals surface area contributed by atoms with Crippen LogP contribution in [0.1, 0.15) is 64.5 Å². The zero-order valence-corrected chi connectivity index (χ0v) is 18.3. The minimum atomic E-state index is -0.704. The van der Waals surface area contributed by atoms with Gasteiger partial charge >= 0.3 is 0 Å². The normalized spacial score (nSPS) is 22.1. The van der Waals surface area contributed by atoms with Gasteiger partial charge in [0.2, 0.25) is 11.8 Å². The number of aromatic amines is 1. The summed E-state index contributed by atoms with van der Waals surface area (Å²) in [6, 6.07) is 5.96. The second kappa shape index (κ2) is 8.72. The van der Waals surface area contributed by atoms with Crippen molar-refractivity contribution in [1.29, 1.82) is 0 Å². The highest BCUT2D eigenvalue weighted by molar-refractivity contribution is 6.05. The van der Waals surface area contributed by atoms with Gasteiger partial charge in [0.05, 0.1) is 6.61 Å². The van der Waals surface area contributed by atoms with Gasteiger partial charge < -0.3 is 15.0 Å². The SMILES string of the molecule is O=C1CCC(N2Cc3c(cc(F)cc3C3CCN(Cc4ccc(CO)[nH]4)CC3)C2=O)C(=O)N1. The summed E-state index contributed by atoms with van der Waals surface area (Å²) in [5, 5.41) is 11.5. The van der Waals surface area contributed by atoms with E-state index in [0.29, 0.717) is 5.56 Å². The predicted molar refractivity (Wildman–Crippen MR) is 116 cm³/mol. The van der Waals surface area contributed by atoms with Gasteiger partial charge in [-0.3, -0.25) is 24.6 Å². The Bertz CT molecular complexity index is 1110. The first-order valence-corrected chi connectivity index (χ1v) is 11.4. The zero-order valence-electron chi connectivity index (χ0n) is 18.3. The molecular formula is C24H27FN4O4. The van der Waals surface area contributed by atoms with E-state index in [4.69, 9.17) is 0 Å². The zero-order chi connectivity index (χ0) is 23.1. The molecule has 9 heteroatoms. The van der Waals surface area contributed by atoms with E-state index in [2.05, 4.69) is 15.2 Å². The average Bonchev–Trinajstić information content (AvgIpc) is 3.38. The summed E-state index contributed by atoms with van der Waals surface area (Å²) in [7, 11) is 0. The molecule has 0 spiro atoms. The van der Waals surface area contributed by atoms with Crippen LogP contribution >= 0.6 is 0 Å². The number of halogens is 1. The van der Waals surface area contributed by atoms with Gasteiger partial charge in [-0.1, -0.05) is 0 Å². The Hall–Kier alpha value is -3.04. The predicted octanol–water partition coefficient (Wildman–Crippen LogP) is 1.79. The van der Waals surface area contributed by atoms with Crippen LogP contribution in [0.15, 0.2) is 24.3 Å². The molecule has 3 amide bonds. The Morgan fingerprint density at radius 2 is 1.82 bits per heavy atom. The lowest BCUT2D eigenvalue weighted by Crippen LogP contribution is -2.52. The van der Waals surface area contributed by atoms with Crippen LogP contribution < -0.4 is 5.32 Å². The molecule has 1 aromatic heterocycles. The number of benzene rings is 1. The molecule has 1 unspecified atom stereocenters. The molecule has 5 rings (SSSR count). The van der Waals surface area contributed by atoms with Gasteiger partial charge in [0, 0.05) is 36.5 Å². The van der Waals surface area contributed by atoms with Crippen LogP contribution in [0.4, 0.5) is 4.39 Å². The summed E-state index contributed by atoms with van der Waals surface area (Å²) in [5.74, 6) is -1.43. The third-order valence-corrected chi connectivity index (χ3v) is 7.05. The van der Waals surface area contributed by atoms with Crippen molar-refractivity contribution < 1.29 is 23.9 Å². The molecule has 0 saturated carbocycles. The van der Waals surface area contributed by atoms with E-state index in [1.54, 1.807) is 6.07 Å². The third kappa shape index (κ3) is 4.18. The molecule has 0 aliphatic carbocycles. The lowest BCUT2D eigenvalue weighted by Gasteiger charge is -2.33. The number of carbonyl (C=O) groups excluding carboxylic acids is 3. The van der Waals surface area contributed by atoms with Gasteiger partial charge in [0.1, 0.15) is 11.9 Å². The van der Waals surface area contributed by atoms with Crippen LogP contribution in [0.2, 0.25) is 0 Å². The monoisotopic (exact) mass is 454 g/mol. The van der Waals surface area contributed by atoms with E-state index in [0.717, 1.165) is 55.0 Å². The van der Waals surface area contributed by atoms with Crippen molar-refractivity contribution in [3.05, 3.63) is 58.2 Å². The fourth-order valence-electron chi connectivity index (χ4n) is 5.34. The first kappa shape index (κ1) is 21.8. The average molecular weight is 455 g/mol. The fourth-order valence-corrected chi connectivity index (χ4v) is 5.34. The number of nitrogens with zero attached hydrogens (tertiary/aromatic N) is 2. The third-order valence-electron chi connectivity index (χ3n) is 7.05. The molecule has 3 aliphatic heterocycles. The number of hydrogen-bond acceptors (Lipinski definition) is 5. The number of carbonyl (C=O) groups is 3. The number of nitrogens with one attached hydrogen (secondary N) is 2. The van der Waals surface area contributed by atoms with Gasteiger partial charge in [0.15, 0.2) is 0 Å². The molecule has 2 saturated heterocycles. The molecule has 2 fully saturated rings. The quantitative estimate of drug-likeness (QED) is 0.598. The van der Waals surface area contributed by atoms with Crippen molar-refractivity contribution in [2.45, 2.75) is 57.3 Å². The fraction of sp³-hybridized carbons (Fsp3) is 0.458. The van der Waals surface area contributed by atoms with E-state index in [9.17, 15) is 23.9 Å². The lowest BCUT2D eigenvalue weighted by atomic mass is 9.85. The Kier molecular flexibility index (Phi) is 5.76. The van der Waals surface area contributed by atoms with Crippen LogP contribution in [0.5, 0.6) is 0 Å². The highest BCUT2D eigenvalue weighted by Gasteiger charge is 2.41.